The third kappa shape index (κ3) is 4.65. The second-order valence-electron chi connectivity index (χ2n) is 4.59. The molecule has 0 amide bonds. The molecule has 1 aliphatic carbocycles. The minimum Gasteiger partial charge on any atom is -0.481 e. The lowest BCUT2D eigenvalue weighted by Gasteiger charge is -2.13. The van der Waals surface area contributed by atoms with Crippen LogP contribution in [0.1, 0.15) is 45.4 Å². The van der Waals surface area contributed by atoms with Gasteiger partial charge in [-0.05, 0) is 25.3 Å². The molecule has 1 aliphatic rings. The Labute approximate surface area is 92.3 Å². The molecule has 0 heterocycles. The Morgan fingerprint density at radius 3 is 2.67 bits per heavy atom. The van der Waals surface area contributed by atoms with Crippen LogP contribution in [0.2, 0.25) is 0 Å². The molecule has 1 unspecified atom stereocenters. The summed E-state index contributed by atoms with van der Waals surface area (Å²) >= 11 is 0. The predicted octanol–water partition coefficient (Wildman–Crippen LogP) is 2.27. The van der Waals surface area contributed by atoms with E-state index in [0.29, 0.717) is 13.0 Å². The van der Waals surface area contributed by atoms with Crippen LogP contribution in [0.4, 0.5) is 0 Å². The van der Waals surface area contributed by atoms with Crippen molar-refractivity contribution in [1.82, 2.24) is 5.32 Å². The van der Waals surface area contributed by atoms with E-state index in [4.69, 9.17) is 5.11 Å². The van der Waals surface area contributed by atoms with Gasteiger partial charge in [0.25, 0.3) is 0 Å². The number of aliphatic carboxylic acids is 1. The molecule has 1 atom stereocenters. The van der Waals surface area contributed by atoms with Crippen LogP contribution >= 0.6 is 0 Å². The van der Waals surface area contributed by atoms with Gasteiger partial charge in [0.1, 0.15) is 0 Å². The van der Waals surface area contributed by atoms with E-state index >= 15 is 0 Å². The maximum atomic E-state index is 10.7. The van der Waals surface area contributed by atoms with Gasteiger partial charge in [0.2, 0.25) is 0 Å². The Morgan fingerprint density at radius 1 is 1.47 bits per heavy atom. The van der Waals surface area contributed by atoms with E-state index in [0.717, 1.165) is 12.5 Å². The number of carboxylic acids is 1. The molecule has 1 saturated carbocycles. The SMILES string of the molecule is CCC(CNCCC1CCCC1)C(=O)O. The highest BCUT2D eigenvalue weighted by Crippen LogP contribution is 2.26. The van der Waals surface area contributed by atoms with Crippen LogP contribution < -0.4 is 5.32 Å². The van der Waals surface area contributed by atoms with E-state index in [2.05, 4.69) is 5.32 Å². The first-order chi connectivity index (χ1) is 7.24. The first kappa shape index (κ1) is 12.5. The number of hydrogen-bond donors (Lipinski definition) is 2. The summed E-state index contributed by atoms with van der Waals surface area (Å²) < 4.78 is 0. The number of rotatable bonds is 7. The van der Waals surface area contributed by atoms with Gasteiger partial charge in [0.05, 0.1) is 5.92 Å². The lowest BCUT2D eigenvalue weighted by molar-refractivity contribution is -0.141. The first-order valence-electron chi connectivity index (χ1n) is 6.17. The molecule has 3 heteroatoms. The van der Waals surface area contributed by atoms with Gasteiger partial charge in [-0.25, -0.2) is 0 Å². The fourth-order valence-electron chi connectivity index (χ4n) is 2.29. The summed E-state index contributed by atoms with van der Waals surface area (Å²) in [4.78, 5) is 10.7. The van der Waals surface area contributed by atoms with Crippen LogP contribution in [0.15, 0.2) is 0 Å². The smallest absolute Gasteiger partial charge is 0.307 e. The van der Waals surface area contributed by atoms with Crippen LogP contribution in [0.5, 0.6) is 0 Å². The summed E-state index contributed by atoms with van der Waals surface area (Å²) in [7, 11) is 0. The Bertz CT molecular complexity index is 188. The average Bonchev–Trinajstić information content (AvgIpc) is 2.70. The highest BCUT2D eigenvalue weighted by molar-refractivity contribution is 5.70. The van der Waals surface area contributed by atoms with Crippen molar-refractivity contribution in [3.05, 3.63) is 0 Å². The predicted molar refractivity (Wildman–Crippen MR) is 60.9 cm³/mol. The molecule has 0 saturated heterocycles. The van der Waals surface area contributed by atoms with Crippen molar-refractivity contribution in [2.45, 2.75) is 45.4 Å². The summed E-state index contributed by atoms with van der Waals surface area (Å²) in [5, 5.41) is 12.1. The molecule has 0 aromatic heterocycles. The summed E-state index contributed by atoms with van der Waals surface area (Å²) in [5.74, 6) is 0.00171. The van der Waals surface area contributed by atoms with Crippen molar-refractivity contribution in [2.24, 2.45) is 11.8 Å². The molecule has 2 N–H and O–H groups in total. The molecule has 15 heavy (non-hydrogen) atoms. The molecule has 88 valence electrons. The summed E-state index contributed by atoms with van der Waals surface area (Å²) in [6.07, 6.45) is 7.45. The normalized spacial score (nSPS) is 19.3. The molecule has 0 spiro atoms. The third-order valence-electron chi connectivity index (χ3n) is 3.44. The Morgan fingerprint density at radius 2 is 2.13 bits per heavy atom. The molecule has 0 aromatic carbocycles. The van der Waals surface area contributed by atoms with E-state index in [1.807, 2.05) is 6.92 Å². The van der Waals surface area contributed by atoms with Crippen molar-refractivity contribution in [1.29, 1.82) is 0 Å². The third-order valence-corrected chi connectivity index (χ3v) is 3.44. The topological polar surface area (TPSA) is 49.3 Å². The Kier molecular flexibility index (Phi) is 5.69. The molecule has 3 nitrogen and oxygen atoms in total. The average molecular weight is 213 g/mol. The van der Waals surface area contributed by atoms with Gasteiger partial charge in [-0.15, -0.1) is 0 Å². The standard InChI is InChI=1S/C12H23NO2/c1-2-11(12(14)15)9-13-8-7-10-5-3-4-6-10/h10-11,13H,2-9H2,1H3,(H,14,15). The molecular formula is C12H23NO2. The summed E-state index contributed by atoms with van der Waals surface area (Å²) in [6.45, 7) is 3.53. The van der Waals surface area contributed by atoms with E-state index < -0.39 is 5.97 Å². The van der Waals surface area contributed by atoms with E-state index in [1.165, 1.54) is 32.1 Å². The maximum Gasteiger partial charge on any atom is 0.307 e. The van der Waals surface area contributed by atoms with Gasteiger partial charge in [0.15, 0.2) is 0 Å². The van der Waals surface area contributed by atoms with Gasteiger partial charge >= 0.3 is 5.97 Å². The van der Waals surface area contributed by atoms with Crippen LogP contribution in [0.3, 0.4) is 0 Å². The molecule has 1 rings (SSSR count). The van der Waals surface area contributed by atoms with E-state index in [1.54, 1.807) is 0 Å². The molecule has 0 bridgehead atoms. The monoisotopic (exact) mass is 213 g/mol. The number of hydrogen-bond acceptors (Lipinski definition) is 2. The highest BCUT2D eigenvalue weighted by atomic mass is 16.4. The molecule has 0 aliphatic heterocycles. The van der Waals surface area contributed by atoms with Crippen molar-refractivity contribution < 1.29 is 9.90 Å². The second-order valence-corrected chi connectivity index (χ2v) is 4.59. The van der Waals surface area contributed by atoms with Crippen LogP contribution in [-0.4, -0.2) is 24.2 Å². The fourth-order valence-corrected chi connectivity index (χ4v) is 2.29. The van der Waals surface area contributed by atoms with Gasteiger partial charge in [0, 0.05) is 6.54 Å². The maximum absolute atomic E-state index is 10.7. The number of nitrogens with one attached hydrogen (secondary N) is 1. The van der Waals surface area contributed by atoms with Gasteiger partial charge in [-0.3, -0.25) is 4.79 Å². The van der Waals surface area contributed by atoms with Crippen LogP contribution in [-0.2, 0) is 4.79 Å². The quantitative estimate of drug-likeness (QED) is 0.638. The molecule has 0 aromatic rings. The zero-order chi connectivity index (χ0) is 11.1. The lowest BCUT2D eigenvalue weighted by atomic mass is 10.0. The van der Waals surface area contributed by atoms with Crippen molar-refractivity contribution in [2.75, 3.05) is 13.1 Å². The minimum atomic E-state index is -0.675. The minimum absolute atomic E-state index is 0.214. The molecule has 0 radical (unpaired) electrons. The molecule has 1 fully saturated rings. The fraction of sp³-hybridized carbons (Fsp3) is 0.917. The van der Waals surface area contributed by atoms with Gasteiger partial charge in [-0.2, -0.15) is 0 Å². The Balaban J connectivity index is 2.02. The molecular weight excluding hydrogens is 190 g/mol. The van der Waals surface area contributed by atoms with Gasteiger partial charge < -0.3 is 10.4 Å². The second kappa shape index (κ2) is 6.83. The highest BCUT2D eigenvalue weighted by Gasteiger charge is 2.16. The summed E-state index contributed by atoms with van der Waals surface area (Å²) in [6, 6.07) is 0. The zero-order valence-electron chi connectivity index (χ0n) is 9.67. The largest absolute Gasteiger partial charge is 0.481 e. The zero-order valence-corrected chi connectivity index (χ0v) is 9.67. The lowest BCUT2D eigenvalue weighted by Crippen LogP contribution is -2.29. The number of carbonyl (C=O) groups is 1. The van der Waals surface area contributed by atoms with Crippen molar-refractivity contribution >= 4 is 5.97 Å². The van der Waals surface area contributed by atoms with Crippen LogP contribution in [0, 0.1) is 11.8 Å². The van der Waals surface area contributed by atoms with E-state index in [-0.39, 0.29) is 5.92 Å². The Hall–Kier alpha value is -0.570. The van der Waals surface area contributed by atoms with Crippen molar-refractivity contribution in [3.63, 3.8) is 0 Å². The van der Waals surface area contributed by atoms with Crippen LogP contribution in [0.25, 0.3) is 0 Å². The van der Waals surface area contributed by atoms with Gasteiger partial charge in [-0.1, -0.05) is 32.6 Å². The van der Waals surface area contributed by atoms with Crippen molar-refractivity contribution in [3.8, 4) is 0 Å². The first-order valence-corrected chi connectivity index (χ1v) is 6.17. The number of carboxylic acid groups (broad SMARTS) is 1. The van der Waals surface area contributed by atoms with E-state index in [9.17, 15) is 4.79 Å². The summed E-state index contributed by atoms with van der Waals surface area (Å²) in [5.41, 5.74) is 0.